The number of nitriles is 1. The molecule has 1 aromatic heterocycles. The standard InChI is InChI=1S/C21H16ClN3O3S/c22-15-7-6-14(11-23)17(10-15)25-21(28)20(27)24-12-16-8-9-18(29-16)19(26)13-4-2-1-3-5-13/h1-10,19,26H,12H2,(H,24,27)(H,25,28)/t19-/m0/s1. The van der Waals surface area contributed by atoms with E-state index >= 15 is 0 Å². The quantitative estimate of drug-likeness (QED) is 0.543. The van der Waals surface area contributed by atoms with Gasteiger partial charge in [-0.15, -0.1) is 11.3 Å². The second-order valence-electron chi connectivity index (χ2n) is 6.06. The van der Waals surface area contributed by atoms with Gasteiger partial charge in [-0.2, -0.15) is 5.26 Å². The maximum atomic E-state index is 12.1. The Bertz CT molecular complexity index is 1080. The van der Waals surface area contributed by atoms with Crippen LogP contribution < -0.4 is 10.6 Å². The number of nitrogens with one attached hydrogen (secondary N) is 2. The molecule has 6 nitrogen and oxygen atoms in total. The molecule has 0 unspecified atom stereocenters. The van der Waals surface area contributed by atoms with Gasteiger partial charge in [0.15, 0.2) is 0 Å². The minimum atomic E-state index is -0.898. The van der Waals surface area contributed by atoms with Crippen molar-refractivity contribution in [1.82, 2.24) is 5.32 Å². The Hall–Kier alpha value is -3.18. The van der Waals surface area contributed by atoms with Gasteiger partial charge in [0.05, 0.1) is 17.8 Å². The van der Waals surface area contributed by atoms with E-state index in [2.05, 4.69) is 10.6 Å². The molecule has 146 valence electrons. The van der Waals surface area contributed by atoms with Gasteiger partial charge in [0.1, 0.15) is 12.2 Å². The molecule has 0 saturated carbocycles. The van der Waals surface area contributed by atoms with Crippen LogP contribution in [-0.4, -0.2) is 16.9 Å². The highest BCUT2D eigenvalue weighted by Gasteiger charge is 2.17. The predicted octanol–water partition coefficient (Wildman–Crippen LogP) is 3.61. The van der Waals surface area contributed by atoms with Crippen molar-refractivity contribution in [3.63, 3.8) is 0 Å². The zero-order valence-corrected chi connectivity index (χ0v) is 16.6. The molecular weight excluding hydrogens is 410 g/mol. The minimum Gasteiger partial charge on any atom is -0.383 e. The normalized spacial score (nSPS) is 11.3. The number of carbonyl (C=O) groups is 2. The third-order valence-electron chi connectivity index (χ3n) is 4.05. The van der Waals surface area contributed by atoms with Crippen molar-refractivity contribution in [1.29, 1.82) is 5.26 Å². The third-order valence-corrected chi connectivity index (χ3v) is 5.42. The lowest BCUT2D eigenvalue weighted by Crippen LogP contribution is -2.34. The first kappa shape index (κ1) is 20.6. The van der Waals surface area contributed by atoms with Crippen LogP contribution in [0, 0.1) is 11.3 Å². The fraction of sp³-hybridized carbons (Fsp3) is 0.0952. The Labute approximate surface area is 176 Å². The number of aliphatic hydroxyl groups is 1. The van der Waals surface area contributed by atoms with Gasteiger partial charge in [0.25, 0.3) is 0 Å². The van der Waals surface area contributed by atoms with E-state index in [1.807, 2.05) is 36.4 Å². The summed E-state index contributed by atoms with van der Waals surface area (Å²) in [5.74, 6) is -1.74. The van der Waals surface area contributed by atoms with Crippen LogP contribution in [0.15, 0.2) is 60.7 Å². The number of thiophene rings is 1. The van der Waals surface area contributed by atoms with Crippen LogP contribution in [0.3, 0.4) is 0 Å². The van der Waals surface area contributed by atoms with Crippen LogP contribution in [-0.2, 0) is 16.1 Å². The SMILES string of the molecule is N#Cc1ccc(Cl)cc1NC(=O)C(=O)NCc1ccc([C@@H](O)c2ccccc2)s1. The summed E-state index contributed by atoms with van der Waals surface area (Å²) in [4.78, 5) is 25.7. The van der Waals surface area contributed by atoms with Crippen molar-refractivity contribution >= 4 is 40.4 Å². The van der Waals surface area contributed by atoms with Crippen molar-refractivity contribution in [2.24, 2.45) is 0 Å². The van der Waals surface area contributed by atoms with Gasteiger partial charge in [-0.25, -0.2) is 0 Å². The second kappa shape index (κ2) is 9.34. The fourth-order valence-corrected chi connectivity index (χ4v) is 3.72. The van der Waals surface area contributed by atoms with Crippen LogP contribution in [0.4, 0.5) is 5.69 Å². The van der Waals surface area contributed by atoms with E-state index in [9.17, 15) is 14.7 Å². The average molecular weight is 426 g/mol. The highest BCUT2D eigenvalue weighted by Crippen LogP contribution is 2.28. The molecule has 0 aliphatic carbocycles. The lowest BCUT2D eigenvalue weighted by atomic mass is 10.1. The van der Waals surface area contributed by atoms with E-state index in [4.69, 9.17) is 16.9 Å². The molecule has 1 heterocycles. The summed E-state index contributed by atoms with van der Waals surface area (Å²) in [6.07, 6.45) is -0.749. The molecule has 0 saturated heterocycles. The summed E-state index contributed by atoms with van der Waals surface area (Å²) in [5, 5.41) is 24.8. The zero-order chi connectivity index (χ0) is 20.8. The molecule has 0 aliphatic rings. The lowest BCUT2D eigenvalue weighted by molar-refractivity contribution is -0.136. The molecule has 3 N–H and O–H groups in total. The number of amides is 2. The van der Waals surface area contributed by atoms with E-state index in [0.29, 0.717) is 5.02 Å². The lowest BCUT2D eigenvalue weighted by Gasteiger charge is -2.08. The Balaban J connectivity index is 1.59. The van der Waals surface area contributed by atoms with E-state index in [1.54, 1.807) is 12.1 Å². The Morgan fingerprint density at radius 2 is 1.86 bits per heavy atom. The van der Waals surface area contributed by atoms with Gasteiger partial charge >= 0.3 is 11.8 Å². The highest BCUT2D eigenvalue weighted by atomic mass is 35.5. The number of halogens is 1. The van der Waals surface area contributed by atoms with Crippen LogP contribution >= 0.6 is 22.9 Å². The van der Waals surface area contributed by atoms with Crippen LogP contribution in [0.5, 0.6) is 0 Å². The van der Waals surface area contributed by atoms with Crippen molar-refractivity contribution in [2.75, 3.05) is 5.32 Å². The number of carbonyl (C=O) groups excluding carboxylic acids is 2. The summed E-state index contributed by atoms with van der Waals surface area (Å²) in [5.41, 5.74) is 1.15. The van der Waals surface area contributed by atoms with Gasteiger partial charge in [0.2, 0.25) is 0 Å². The van der Waals surface area contributed by atoms with Gasteiger partial charge in [-0.3, -0.25) is 9.59 Å². The Morgan fingerprint density at radius 3 is 2.59 bits per heavy atom. The molecular formula is C21H16ClN3O3S. The summed E-state index contributed by atoms with van der Waals surface area (Å²) in [6, 6.07) is 19.1. The van der Waals surface area contributed by atoms with Gasteiger partial charge in [-0.05, 0) is 35.9 Å². The Morgan fingerprint density at radius 1 is 1.10 bits per heavy atom. The number of anilines is 1. The number of hydrogen-bond donors (Lipinski definition) is 3. The first-order chi connectivity index (χ1) is 14.0. The molecule has 29 heavy (non-hydrogen) atoms. The highest BCUT2D eigenvalue weighted by molar-refractivity contribution is 7.12. The molecule has 2 aromatic carbocycles. The largest absolute Gasteiger partial charge is 0.383 e. The smallest absolute Gasteiger partial charge is 0.313 e. The van der Waals surface area contributed by atoms with Gasteiger partial charge < -0.3 is 15.7 Å². The molecule has 3 aromatic rings. The molecule has 0 bridgehead atoms. The van der Waals surface area contributed by atoms with Gasteiger partial charge in [-0.1, -0.05) is 41.9 Å². The zero-order valence-electron chi connectivity index (χ0n) is 15.1. The van der Waals surface area contributed by atoms with Crippen LogP contribution in [0.25, 0.3) is 0 Å². The summed E-state index contributed by atoms with van der Waals surface area (Å²) in [7, 11) is 0. The molecule has 1 atom stereocenters. The van der Waals surface area contributed by atoms with Crippen molar-refractivity contribution in [2.45, 2.75) is 12.6 Å². The summed E-state index contributed by atoms with van der Waals surface area (Å²) >= 11 is 7.21. The molecule has 3 rings (SSSR count). The fourth-order valence-electron chi connectivity index (χ4n) is 2.58. The van der Waals surface area contributed by atoms with Crippen molar-refractivity contribution in [3.05, 3.63) is 86.6 Å². The predicted molar refractivity (Wildman–Crippen MR) is 111 cm³/mol. The molecule has 2 amide bonds. The van der Waals surface area contributed by atoms with Crippen LogP contribution in [0.2, 0.25) is 5.02 Å². The third kappa shape index (κ3) is 5.21. The number of rotatable bonds is 5. The molecule has 0 radical (unpaired) electrons. The molecule has 8 heteroatoms. The number of hydrogen-bond acceptors (Lipinski definition) is 5. The van der Waals surface area contributed by atoms with Gasteiger partial charge in [0, 0.05) is 14.8 Å². The minimum absolute atomic E-state index is 0.138. The van der Waals surface area contributed by atoms with E-state index in [-0.39, 0.29) is 17.8 Å². The maximum Gasteiger partial charge on any atom is 0.313 e. The maximum absolute atomic E-state index is 12.1. The van der Waals surface area contributed by atoms with E-state index in [1.165, 1.54) is 29.5 Å². The molecule has 0 fully saturated rings. The second-order valence-corrected chi connectivity index (χ2v) is 7.69. The first-order valence-electron chi connectivity index (χ1n) is 8.58. The molecule has 0 spiro atoms. The van der Waals surface area contributed by atoms with Crippen LogP contribution in [0.1, 0.15) is 27.0 Å². The number of benzene rings is 2. The van der Waals surface area contributed by atoms with E-state index < -0.39 is 17.9 Å². The van der Waals surface area contributed by atoms with Crippen molar-refractivity contribution < 1.29 is 14.7 Å². The summed E-state index contributed by atoms with van der Waals surface area (Å²) < 4.78 is 0. The first-order valence-corrected chi connectivity index (χ1v) is 9.78. The monoisotopic (exact) mass is 425 g/mol. The number of aliphatic hydroxyl groups excluding tert-OH is 1. The topological polar surface area (TPSA) is 102 Å². The number of nitrogens with zero attached hydrogens (tertiary/aromatic N) is 1. The Kier molecular flexibility index (Phi) is 6.62. The van der Waals surface area contributed by atoms with Crippen molar-refractivity contribution in [3.8, 4) is 6.07 Å². The molecule has 0 aliphatic heterocycles. The average Bonchev–Trinajstić information content (AvgIpc) is 3.21. The van der Waals surface area contributed by atoms with E-state index in [0.717, 1.165) is 15.3 Å². The summed E-state index contributed by atoms with van der Waals surface area (Å²) in [6.45, 7) is 0.138.